The summed E-state index contributed by atoms with van der Waals surface area (Å²) in [5, 5.41) is 6.87. The van der Waals surface area contributed by atoms with E-state index in [1.807, 2.05) is 40.5 Å². The fourth-order valence-electron chi connectivity index (χ4n) is 4.28. The van der Waals surface area contributed by atoms with Crippen LogP contribution in [-0.4, -0.2) is 15.9 Å². The van der Waals surface area contributed by atoms with Gasteiger partial charge in [0.1, 0.15) is 5.69 Å². The summed E-state index contributed by atoms with van der Waals surface area (Å²) in [6.45, 7) is 4.75. The van der Waals surface area contributed by atoms with Crippen molar-refractivity contribution in [3.63, 3.8) is 0 Å². The highest BCUT2D eigenvalue weighted by atomic mass is 32.1. The molecule has 2 bridgehead atoms. The van der Waals surface area contributed by atoms with Crippen molar-refractivity contribution in [2.75, 3.05) is 0 Å². The molecule has 0 radical (unpaired) electrons. The first kappa shape index (κ1) is 17.4. The molecule has 0 saturated heterocycles. The highest BCUT2D eigenvalue weighted by Crippen LogP contribution is 2.58. The van der Waals surface area contributed by atoms with Crippen LogP contribution in [0.25, 0.3) is 11.5 Å². The predicted octanol–water partition coefficient (Wildman–Crippen LogP) is 5.26. The molecular formula is C22H22N4OS. The lowest BCUT2D eigenvalue weighted by molar-refractivity contribution is -0.00126. The average Bonchev–Trinajstić information content (AvgIpc) is 3.37. The summed E-state index contributed by atoms with van der Waals surface area (Å²) < 4.78 is 7.49. The van der Waals surface area contributed by atoms with Crippen LogP contribution in [0.5, 0.6) is 0 Å². The molecule has 5 nitrogen and oxygen atoms in total. The Morgan fingerprint density at radius 2 is 2.25 bits per heavy atom. The topological polar surface area (TPSA) is 55.7 Å². The number of hydrogen-bond donors (Lipinski definition) is 0. The molecule has 1 saturated carbocycles. The zero-order chi connectivity index (χ0) is 19.1. The van der Waals surface area contributed by atoms with E-state index in [0.29, 0.717) is 11.3 Å². The summed E-state index contributed by atoms with van der Waals surface area (Å²) in [4.78, 5) is 9.68. The molecule has 0 aliphatic heterocycles. The molecule has 3 heterocycles. The average molecular weight is 391 g/mol. The third kappa shape index (κ3) is 2.88. The van der Waals surface area contributed by atoms with Gasteiger partial charge in [0, 0.05) is 11.6 Å². The van der Waals surface area contributed by atoms with Crippen molar-refractivity contribution in [2.45, 2.75) is 26.7 Å². The van der Waals surface area contributed by atoms with E-state index in [-0.39, 0.29) is 0 Å². The number of pyridine rings is 1. The Bertz CT molecular complexity index is 1100. The second-order valence-electron chi connectivity index (χ2n) is 8.01. The van der Waals surface area contributed by atoms with E-state index in [1.165, 1.54) is 12.0 Å². The van der Waals surface area contributed by atoms with E-state index < -0.39 is 0 Å². The molecule has 28 heavy (non-hydrogen) atoms. The minimum atomic E-state index is 0.377. The number of thiazole rings is 1. The molecule has 2 unspecified atom stereocenters. The van der Waals surface area contributed by atoms with Crippen LogP contribution in [0.3, 0.4) is 0 Å². The third-order valence-corrected chi connectivity index (χ3v) is 6.98. The van der Waals surface area contributed by atoms with Crippen LogP contribution in [0.2, 0.25) is 0 Å². The first-order chi connectivity index (χ1) is 13.6. The number of furan rings is 1. The standard InChI is InChI=1S/C22H22N4OS/c1-22(2)16-8-7-15(18(22)11-16)12-24-26-19(20-6-4-10-27-20)14-28-21(26)25-17-5-3-9-23-13-17/h3-7,9-10,12-14,16,18H,8,11H2,1-2H3. The number of allylic oxidation sites excluding steroid dienone is 2. The highest BCUT2D eigenvalue weighted by molar-refractivity contribution is 7.07. The lowest BCUT2D eigenvalue weighted by atomic mass is 9.49. The molecule has 0 N–H and O–H groups in total. The first-order valence-corrected chi connectivity index (χ1v) is 10.4. The van der Waals surface area contributed by atoms with E-state index in [9.17, 15) is 0 Å². The summed E-state index contributed by atoms with van der Waals surface area (Å²) in [5.74, 6) is 2.20. The van der Waals surface area contributed by atoms with Crippen LogP contribution >= 0.6 is 11.3 Å². The molecule has 6 rings (SSSR count). The number of aromatic nitrogens is 2. The van der Waals surface area contributed by atoms with E-state index in [1.54, 1.807) is 30.0 Å². The highest BCUT2D eigenvalue weighted by Gasteiger charge is 2.50. The predicted molar refractivity (Wildman–Crippen MR) is 111 cm³/mol. The molecule has 3 aromatic rings. The largest absolute Gasteiger partial charge is 0.463 e. The van der Waals surface area contributed by atoms with Gasteiger partial charge >= 0.3 is 0 Å². The van der Waals surface area contributed by atoms with Crippen molar-refractivity contribution < 1.29 is 4.42 Å². The van der Waals surface area contributed by atoms with Gasteiger partial charge in [-0.15, -0.1) is 11.3 Å². The second kappa shape index (κ2) is 6.71. The van der Waals surface area contributed by atoms with E-state index in [0.717, 1.165) is 34.3 Å². The number of rotatable bonds is 4. The maximum atomic E-state index is 5.62. The van der Waals surface area contributed by atoms with Gasteiger partial charge in [-0.2, -0.15) is 5.10 Å². The van der Waals surface area contributed by atoms with Crippen LogP contribution in [0, 0.1) is 17.3 Å². The Morgan fingerprint density at radius 1 is 1.32 bits per heavy atom. The smallest absolute Gasteiger partial charge is 0.211 e. The van der Waals surface area contributed by atoms with Crippen molar-refractivity contribution in [3.05, 3.63) is 64.8 Å². The van der Waals surface area contributed by atoms with Crippen molar-refractivity contribution in [1.82, 2.24) is 9.66 Å². The van der Waals surface area contributed by atoms with Gasteiger partial charge in [0.15, 0.2) is 5.76 Å². The molecule has 142 valence electrons. The summed E-state index contributed by atoms with van der Waals surface area (Å²) in [6, 6.07) is 7.66. The fraction of sp³-hybridized carbons (Fsp3) is 0.318. The molecule has 1 fully saturated rings. The van der Waals surface area contributed by atoms with Gasteiger partial charge in [0.05, 0.1) is 24.4 Å². The van der Waals surface area contributed by atoms with Crippen LogP contribution in [-0.2, 0) is 0 Å². The van der Waals surface area contributed by atoms with Crippen molar-refractivity contribution in [2.24, 2.45) is 27.3 Å². The van der Waals surface area contributed by atoms with Crippen LogP contribution in [0.4, 0.5) is 5.69 Å². The van der Waals surface area contributed by atoms with E-state index >= 15 is 0 Å². The molecule has 0 spiro atoms. The number of fused-ring (bicyclic) bond motifs is 1. The lowest BCUT2D eigenvalue weighted by Crippen LogP contribution is -2.48. The summed E-state index contributed by atoms with van der Waals surface area (Å²) in [5.41, 5.74) is 3.42. The zero-order valence-corrected chi connectivity index (χ0v) is 16.8. The van der Waals surface area contributed by atoms with Crippen LogP contribution in [0.15, 0.2) is 74.5 Å². The van der Waals surface area contributed by atoms with E-state index in [2.05, 4.69) is 24.9 Å². The SMILES string of the molecule is CC1(C)C2CC=C(C=Nn3c(-c4ccco4)csc3=Nc3cccnc3)C1C2. The van der Waals surface area contributed by atoms with Gasteiger partial charge in [-0.05, 0) is 59.9 Å². The van der Waals surface area contributed by atoms with Gasteiger partial charge in [0.25, 0.3) is 0 Å². The Balaban J connectivity index is 1.57. The van der Waals surface area contributed by atoms with Gasteiger partial charge in [-0.25, -0.2) is 9.67 Å². The molecule has 0 aromatic carbocycles. The number of hydrogen-bond acceptors (Lipinski definition) is 5. The maximum absolute atomic E-state index is 5.62. The van der Waals surface area contributed by atoms with Crippen molar-refractivity contribution in [1.29, 1.82) is 0 Å². The molecule has 3 aliphatic rings. The molecule has 3 aromatic heterocycles. The Labute approximate surface area is 167 Å². The molecule has 0 amide bonds. The maximum Gasteiger partial charge on any atom is 0.211 e. The van der Waals surface area contributed by atoms with Gasteiger partial charge in [0.2, 0.25) is 4.80 Å². The Morgan fingerprint density at radius 3 is 2.96 bits per heavy atom. The lowest BCUT2D eigenvalue weighted by Gasteiger charge is -2.55. The monoisotopic (exact) mass is 390 g/mol. The van der Waals surface area contributed by atoms with Crippen LogP contribution in [0.1, 0.15) is 26.7 Å². The van der Waals surface area contributed by atoms with Gasteiger partial charge in [-0.1, -0.05) is 19.9 Å². The van der Waals surface area contributed by atoms with Crippen molar-refractivity contribution >= 4 is 23.2 Å². The number of nitrogens with zero attached hydrogens (tertiary/aromatic N) is 4. The Hall–Kier alpha value is -2.73. The minimum absolute atomic E-state index is 0.377. The van der Waals surface area contributed by atoms with Crippen LogP contribution < -0.4 is 4.80 Å². The van der Waals surface area contributed by atoms with Gasteiger partial charge in [-0.3, -0.25) is 4.98 Å². The third-order valence-electron chi connectivity index (χ3n) is 6.16. The first-order valence-electron chi connectivity index (χ1n) is 9.56. The molecule has 3 aliphatic carbocycles. The Kier molecular flexibility index (Phi) is 4.16. The summed E-state index contributed by atoms with van der Waals surface area (Å²) in [6.07, 6.45) is 12.0. The van der Waals surface area contributed by atoms with E-state index in [4.69, 9.17) is 14.5 Å². The summed E-state index contributed by atoms with van der Waals surface area (Å²) >= 11 is 1.54. The normalized spacial score (nSPS) is 23.6. The quantitative estimate of drug-likeness (QED) is 0.570. The molecular weight excluding hydrogens is 368 g/mol. The zero-order valence-electron chi connectivity index (χ0n) is 15.9. The fourth-order valence-corrected chi connectivity index (χ4v) is 5.12. The van der Waals surface area contributed by atoms with Crippen molar-refractivity contribution in [3.8, 4) is 11.5 Å². The molecule has 2 atom stereocenters. The summed E-state index contributed by atoms with van der Waals surface area (Å²) in [7, 11) is 0. The second-order valence-corrected chi connectivity index (χ2v) is 8.84. The molecule has 6 heteroatoms. The minimum Gasteiger partial charge on any atom is -0.463 e. The van der Waals surface area contributed by atoms with Gasteiger partial charge < -0.3 is 4.42 Å².